The lowest BCUT2D eigenvalue weighted by Crippen LogP contribution is -1.80. The number of thiophene rings is 1. The predicted octanol–water partition coefficient (Wildman–Crippen LogP) is 3.85. The van der Waals surface area contributed by atoms with Gasteiger partial charge in [0.15, 0.2) is 6.29 Å². The smallest absolute Gasteiger partial charge is 0.161 e. The van der Waals surface area contributed by atoms with E-state index in [0.717, 1.165) is 21.8 Å². The molecule has 0 aliphatic carbocycles. The SMILES string of the molecule is O=Cc1sccc1SCc1ccccc1. The minimum Gasteiger partial charge on any atom is -0.297 e. The number of hydrogen-bond donors (Lipinski definition) is 0. The maximum Gasteiger partial charge on any atom is 0.161 e. The molecule has 0 saturated heterocycles. The van der Waals surface area contributed by atoms with E-state index in [4.69, 9.17) is 0 Å². The largest absolute Gasteiger partial charge is 0.297 e. The molecule has 0 unspecified atom stereocenters. The quantitative estimate of drug-likeness (QED) is 0.590. The molecule has 0 aliphatic heterocycles. The summed E-state index contributed by atoms with van der Waals surface area (Å²) in [6.07, 6.45) is 0.929. The van der Waals surface area contributed by atoms with E-state index < -0.39 is 0 Å². The lowest BCUT2D eigenvalue weighted by Gasteiger charge is -1.99. The lowest BCUT2D eigenvalue weighted by molar-refractivity contribution is 0.112. The first-order chi connectivity index (χ1) is 7.40. The number of carbonyl (C=O) groups excluding carboxylic acids is 1. The summed E-state index contributed by atoms with van der Waals surface area (Å²) in [6, 6.07) is 12.3. The average molecular weight is 234 g/mol. The van der Waals surface area contributed by atoms with Gasteiger partial charge in [-0.05, 0) is 17.0 Å². The van der Waals surface area contributed by atoms with Gasteiger partial charge >= 0.3 is 0 Å². The second kappa shape index (κ2) is 5.14. The van der Waals surface area contributed by atoms with E-state index in [0.29, 0.717) is 0 Å². The van der Waals surface area contributed by atoms with Gasteiger partial charge in [-0.3, -0.25) is 4.79 Å². The Morgan fingerprint density at radius 1 is 1.20 bits per heavy atom. The molecule has 0 spiro atoms. The van der Waals surface area contributed by atoms with Crippen LogP contribution >= 0.6 is 23.1 Å². The molecular formula is C12H10OS2. The Labute approximate surface area is 97.1 Å². The molecule has 2 aromatic rings. The van der Waals surface area contributed by atoms with Crippen LogP contribution in [0, 0.1) is 0 Å². The maximum atomic E-state index is 10.7. The van der Waals surface area contributed by atoms with Gasteiger partial charge in [0, 0.05) is 10.6 Å². The van der Waals surface area contributed by atoms with Crippen molar-refractivity contribution < 1.29 is 4.79 Å². The molecule has 2 rings (SSSR count). The van der Waals surface area contributed by atoms with Crippen molar-refractivity contribution in [1.29, 1.82) is 0 Å². The highest BCUT2D eigenvalue weighted by molar-refractivity contribution is 7.98. The van der Waals surface area contributed by atoms with E-state index >= 15 is 0 Å². The highest BCUT2D eigenvalue weighted by Gasteiger charge is 2.03. The van der Waals surface area contributed by atoms with Crippen LogP contribution in [-0.4, -0.2) is 6.29 Å². The average Bonchev–Trinajstić information content (AvgIpc) is 2.75. The zero-order chi connectivity index (χ0) is 10.5. The summed E-state index contributed by atoms with van der Waals surface area (Å²) in [7, 11) is 0. The Bertz CT molecular complexity index is 434. The number of hydrogen-bond acceptors (Lipinski definition) is 3. The van der Waals surface area contributed by atoms with Gasteiger partial charge in [0.2, 0.25) is 0 Å². The number of thioether (sulfide) groups is 1. The molecule has 0 radical (unpaired) electrons. The van der Waals surface area contributed by atoms with Crippen molar-refractivity contribution in [2.75, 3.05) is 0 Å². The van der Waals surface area contributed by atoms with Gasteiger partial charge < -0.3 is 0 Å². The minimum absolute atomic E-state index is 0.830. The molecule has 0 N–H and O–H groups in total. The second-order valence-electron chi connectivity index (χ2n) is 3.04. The van der Waals surface area contributed by atoms with Gasteiger partial charge in [-0.1, -0.05) is 30.3 Å². The molecular weight excluding hydrogens is 224 g/mol. The Hall–Kier alpha value is -1.06. The van der Waals surface area contributed by atoms with Gasteiger partial charge in [-0.15, -0.1) is 23.1 Å². The van der Waals surface area contributed by atoms with Crippen molar-refractivity contribution in [3.05, 3.63) is 52.2 Å². The van der Waals surface area contributed by atoms with Crippen LogP contribution in [0.15, 0.2) is 46.7 Å². The number of carbonyl (C=O) groups is 1. The standard InChI is InChI=1S/C12H10OS2/c13-8-12-11(6-7-14-12)15-9-10-4-2-1-3-5-10/h1-8H,9H2. The zero-order valence-electron chi connectivity index (χ0n) is 8.05. The predicted molar refractivity (Wildman–Crippen MR) is 65.7 cm³/mol. The summed E-state index contributed by atoms with van der Waals surface area (Å²) in [5.74, 6) is 0.915. The van der Waals surface area contributed by atoms with Gasteiger partial charge in [0.25, 0.3) is 0 Å². The van der Waals surface area contributed by atoms with E-state index in [1.807, 2.05) is 29.6 Å². The molecule has 15 heavy (non-hydrogen) atoms. The second-order valence-corrected chi connectivity index (χ2v) is 5.01. The molecule has 1 heterocycles. The Kier molecular flexibility index (Phi) is 3.59. The fraction of sp³-hybridized carbons (Fsp3) is 0.0833. The third kappa shape index (κ3) is 2.70. The van der Waals surface area contributed by atoms with Crippen LogP contribution in [0.5, 0.6) is 0 Å². The Morgan fingerprint density at radius 2 is 2.00 bits per heavy atom. The first kappa shape index (κ1) is 10.5. The minimum atomic E-state index is 0.830. The Morgan fingerprint density at radius 3 is 2.73 bits per heavy atom. The van der Waals surface area contributed by atoms with Crippen molar-refractivity contribution in [3.8, 4) is 0 Å². The molecule has 0 aliphatic rings. The molecule has 76 valence electrons. The number of benzene rings is 1. The van der Waals surface area contributed by atoms with Crippen molar-refractivity contribution in [1.82, 2.24) is 0 Å². The van der Waals surface area contributed by atoms with Gasteiger partial charge in [0.1, 0.15) is 0 Å². The molecule has 0 atom stereocenters. The number of aldehydes is 1. The molecule has 0 saturated carbocycles. The molecule has 0 bridgehead atoms. The fourth-order valence-electron chi connectivity index (χ4n) is 1.25. The molecule has 0 fully saturated rings. The van der Waals surface area contributed by atoms with Crippen LogP contribution in [-0.2, 0) is 5.75 Å². The van der Waals surface area contributed by atoms with Crippen molar-refractivity contribution >= 4 is 29.4 Å². The summed E-state index contributed by atoms with van der Waals surface area (Å²) < 4.78 is 0. The topological polar surface area (TPSA) is 17.1 Å². The van der Waals surface area contributed by atoms with E-state index in [2.05, 4.69) is 12.1 Å². The first-order valence-electron chi connectivity index (χ1n) is 4.59. The molecule has 1 aromatic carbocycles. The summed E-state index contributed by atoms with van der Waals surface area (Å²) in [5, 5.41) is 1.96. The lowest BCUT2D eigenvalue weighted by atomic mass is 10.2. The van der Waals surface area contributed by atoms with Gasteiger partial charge in [0.05, 0.1) is 4.88 Å². The summed E-state index contributed by atoms with van der Waals surface area (Å²) in [6.45, 7) is 0. The van der Waals surface area contributed by atoms with Crippen LogP contribution in [0.3, 0.4) is 0 Å². The fourth-order valence-corrected chi connectivity index (χ4v) is 3.12. The molecule has 0 amide bonds. The van der Waals surface area contributed by atoms with Crippen molar-refractivity contribution in [2.45, 2.75) is 10.6 Å². The highest BCUT2D eigenvalue weighted by atomic mass is 32.2. The van der Waals surface area contributed by atoms with Gasteiger partial charge in [-0.25, -0.2) is 0 Å². The van der Waals surface area contributed by atoms with Crippen LogP contribution in [0.4, 0.5) is 0 Å². The normalized spacial score (nSPS) is 10.1. The van der Waals surface area contributed by atoms with E-state index in [-0.39, 0.29) is 0 Å². The van der Waals surface area contributed by atoms with Crippen LogP contribution in [0.2, 0.25) is 0 Å². The number of rotatable bonds is 4. The third-order valence-electron chi connectivity index (χ3n) is 2.00. The Balaban J connectivity index is 2.02. The maximum absolute atomic E-state index is 10.7. The summed E-state index contributed by atoms with van der Waals surface area (Å²) in [4.78, 5) is 12.6. The first-order valence-corrected chi connectivity index (χ1v) is 6.46. The van der Waals surface area contributed by atoms with Crippen molar-refractivity contribution in [2.24, 2.45) is 0 Å². The summed E-state index contributed by atoms with van der Waals surface area (Å²) in [5.41, 5.74) is 1.28. The van der Waals surface area contributed by atoms with Crippen molar-refractivity contribution in [3.63, 3.8) is 0 Å². The molecule has 3 heteroatoms. The van der Waals surface area contributed by atoms with E-state index in [1.54, 1.807) is 11.8 Å². The molecule has 1 aromatic heterocycles. The van der Waals surface area contributed by atoms with Crippen LogP contribution in [0.25, 0.3) is 0 Å². The van der Waals surface area contributed by atoms with E-state index in [9.17, 15) is 4.79 Å². The third-order valence-corrected chi connectivity index (χ3v) is 4.12. The monoisotopic (exact) mass is 234 g/mol. The summed E-state index contributed by atoms with van der Waals surface area (Å²) >= 11 is 3.21. The zero-order valence-corrected chi connectivity index (χ0v) is 9.68. The van der Waals surface area contributed by atoms with Crippen LogP contribution in [0.1, 0.15) is 15.2 Å². The van der Waals surface area contributed by atoms with Gasteiger partial charge in [-0.2, -0.15) is 0 Å². The molecule has 1 nitrogen and oxygen atoms in total. The van der Waals surface area contributed by atoms with Crippen LogP contribution < -0.4 is 0 Å². The van der Waals surface area contributed by atoms with E-state index in [1.165, 1.54) is 16.9 Å². The highest BCUT2D eigenvalue weighted by Crippen LogP contribution is 2.28.